The summed E-state index contributed by atoms with van der Waals surface area (Å²) in [6, 6.07) is 9.86. The smallest absolute Gasteiger partial charge is 0.396 e. The molecule has 3 rings (SSSR count). The number of benzene rings is 2. The lowest BCUT2D eigenvalue weighted by Crippen LogP contribution is -2.32. The molecule has 1 atom stereocenters. The fraction of sp³-hybridized carbons (Fsp3) is 0.300. The van der Waals surface area contributed by atoms with Gasteiger partial charge in [0.1, 0.15) is 0 Å². The molecule has 0 fully saturated rings. The minimum Gasteiger partial charge on any atom is -0.396 e. The Labute approximate surface area is 159 Å². The van der Waals surface area contributed by atoms with Crippen molar-refractivity contribution in [2.45, 2.75) is 25.4 Å². The van der Waals surface area contributed by atoms with Crippen molar-refractivity contribution in [3.63, 3.8) is 0 Å². The van der Waals surface area contributed by atoms with Crippen LogP contribution in [0.2, 0.25) is 0 Å². The molecule has 0 radical (unpaired) electrons. The average Bonchev–Trinajstić information content (AvgIpc) is 2.65. The van der Waals surface area contributed by atoms with E-state index >= 15 is 0 Å². The summed E-state index contributed by atoms with van der Waals surface area (Å²) in [4.78, 5) is 24.0. The van der Waals surface area contributed by atoms with Crippen molar-refractivity contribution in [1.29, 1.82) is 0 Å². The van der Waals surface area contributed by atoms with Gasteiger partial charge >= 0.3 is 6.18 Å². The molecule has 0 bridgehead atoms. The number of alkyl halides is 3. The van der Waals surface area contributed by atoms with Crippen LogP contribution in [-0.4, -0.2) is 23.5 Å². The topological polar surface area (TPSA) is 78.4 Å². The molecule has 5 nitrogen and oxygen atoms in total. The second kappa shape index (κ2) is 8.02. The van der Waals surface area contributed by atoms with Crippen molar-refractivity contribution >= 4 is 23.2 Å². The van der Waals surface area contributed by atoms with Gasteiger partial charge in [-0.05, 0) is 48.2 Å². The summed E-state index contributed by atoms with van der Waals surface area (Å²) in [5, 5.41) is 14.6. The average molecular weight is 392 g/mol. The molecule has 3 N–H and O–H groups in total. The van der Waals surface area contributed by atoms with Crippen molar-refractivity contribution in [2.75, 3.05) is 17.2 Å². The molecular formula is C20H19F3N2O3. The summed E-state index contributed by atoms with van der Waals surface area (Å²) >= 11 is 0. The number of carbonyl (C=O) groups excluding carboxylic acids is 2. The van der Waals surface area contributed by atoms with Crippen LogP contribution >= 0.6 is 0 Å². The number of anilines is 2. The van der Waals surface area contributed by atoms with E-state index in [9.17, 15) is 27.9 Å². The lowest BCUT2D eigenvalue weighted by molar-refractivity contribution is -0.137. The van der Waals surface area contributed by atoms with Gasteiger partial charge in [-0.1, -0.05) is 18.2 Å². The molecule has 8 heteroatoms. The van der Waals surface area contributed by atoms with Crippen molar-refractivity contribution in [1.82, 2.24) is 0 Å². The Bertz CT molecular complexity index is 879. The zero-order valence-electron chi connectivity index (χ0n) is 14.8. The number of halogens is 3. The lowest BCUT2D eigenvalue weighted by atomic mass is 9.93. The number of amides is 2. The van der Waals surface area contributed by atoms with E-state index < -0.39 is 17.7 Å². The van der Waals surface area contributed by atoms with Crippen LogP contribution in [0.25, 0.3) is 0 Å². The van der Waals surface area contributed by atoms with E-state index in [1.54, 1.807) is 18.2 Å². The minimum atomic E-state index is -4.38. The quantitative estimate of drug-likeness (QED) is 0.730. The van der Waals surface area contributed by atoms with Crippen molar-refractivity contribution in [3.8, 4) is 0 Å². The maximum atomic E-state index is 12.6. The SMILES string of the molecule is O=C(CCc1ccc(C(F)(F)F)cc1)Nc1ccc2c(c1)NC(=O)C(CO)C2. The summed E-state index contributed by atoms with van der Waals surface area (Å²) < 4.78 is 37.7. The molecule has 1 aliphatic rings. The fourth-order valence-corrected chi connectivity index (χ4v) is 3.03. The van der Waals surface area contributed by atoms with Crippen LogP contribution in [0.15, 0.2) is 42.5 Å². The molecule has 0 aromatic heterocycles. The number of fused-ring (bicyclic) bond motifs is 1. The second-order valence-corrected chi connectivity index (χ2v) is 6.69. The Morgan fingerprint density at radius 2 is 1.89 bits per heavy atom. The maximum Gasteiger partial charge on any atom is 0.416 e. The number of carbonyl (C=O) groups is 2. The van der Waals surface area contributed by atoms with E-state index in [1.807, 2.05) is 0 Å². The van der Waals surface area contributed by atoms with Gasteiger partial charge in [-0.15, -0.1) is 0 Å². The molecule has 0 aliphatic carbocycles. The first kappa shape index (κ1) is 19.9. The Kier molecular flexibility index (Phi) is 5.69. The Morgan fingerprint density at radius 1 is 1.18 bits per heavy atom. The monoisotopic (exact) mass is 392 g/mol. The van der Waals surface area contributed by atoms with Crippen LogP contribution in [0.3, 0.4) is 0 Å². The molecular weight excluding hydrogens is 373 g/mol. The molecule has 0 saturated heterocycles. The molecule has 2 aromatic carbocycles. The first-order valence-corrected chi connectivity index (χ1v) is 8.77. The van der Waals surface area contributed by atoms with Crippen molar-refractivity contribution in [3.05, 3.63) is 59.2 Å². The van der Waals surface area contributed by atoms with Crippen LogP contribution in [0.4, 0.5) is 24.5 Å². The summed E-state index contributed by atoms with van der Waals surface area (Å²) in [7, 11) is 0. The number of rotatable bonds is 5. The molecule has 148 valence electrons. The summed E-state index contributed by atoms with van der Waals surface area (Å²) in [5.74, 6) is -1.02. The number of hydrogen-bond acceptors (Lipinski definition) is 3. The molecule has 1 aliphatic heterocycles. The van der Waals surface area contributed by atoms with E-state index in [-0.39, 0.29) is 24.8 Å². The van der Waals surface area contributed by atoms with Gasteiger partial charge in [-0.25, -0.2) is 0 Å². The van der Waals surface area contributed by atoms with Gasteiger partial charge in [0, 0.05) is 17.8 Å². The third kappa shape index (κ3) is 4.69. The maximum absolute atomic E-state index is 12.6. The standard InChI is InChI=1S/C20H19F3N2O3/c21-20(22,23)15-5-1-12(2-6-15)3-8-18(27)24-16-7-4-13-9-14(11-26)19(28)25-17(13)10-16/h1-2,4-7,10,14,26H,3,8-9,11H2,(H,24,27)(H,25,28). The van der Waals surface area contributed by atoms with Gasteiger partial charge in [0.15, 0.2) is 0 Å². The van der Waals surface area contributed by atoms with Gasteiger partial charge in [0.05, 0.1) is 18.1 Å². The predicted molar refractivity (Wildman–Crippen MR) is 97.7 cm³/mol. The number of aliphatic hydroxyl groups is 1. The van der Waals surface area contributed by atoms with E-state index in [4.69, 9.17) is 0 Å². The first-order valence-electron chi connectivity index (χ1n) is 8.77. The van der Waals surface area contributed by atoms with Crippen LogP contribution in [-0.2, 0) is 28.6 Å². The van der Waals surface area contributed by atoms with Crippen LogP contribution in [0, 0.1) is 5.92 Å². The molecule has 0 saturated carbocycles. The fourth-order valence-electron chi connectivity index (χ4n) is 3.03. The van der Waals surface area contributed by atoms with Gasteiger partial charge in [-0.2, -0.15) is 13.2 Å². The molecule has 1 unspecified atom stereocenters. The highest BCUT2D eigenvalue weighted by Crippen LogP contribution is 2.30. The largest absolute Gasteiger partial charge is 0.416 e. The number of nitrogens with one attached hydrogen (secondary N) is 2. The minimum absolute atomic E-state index is 0.112. The van der Waals surface area contributed by atoms with Crippen LogP contribution in [0.1, 0.15) is 23.1 Å². The molecule has 0 spiro atoms. The van der Waals surface area contributed by atoms with Gasteiger partial charge in [0.2, 0.25) is 11.8 Å². The second-order valence-electron chi connectivity index (χ2n) is 6.69. The Balaban J connectivity index is 1.57. The predicted octanol–water partition coefficient (Wildman–Crippen LogP) is 3.38. The normalized spacial score (nSPS) is 16.3. The molecule has 28 heavy (non-hydrogen) atoms. The van der Waals surface area contributed by atoms with Crippen molar-refractivity contribution in [2.24, 2.45) is 5.92 Å². The summed E-state index contributed by atoms with van der Waals surface area (Å²) in [5.41, 5.74) is 1.90. The first-order chi connectivity index (χ1) is 13.3. The van der Waals surface area contributed by atoms with Crippen LogP contribution in [0.5, 0.6) is 0 Å². The zero-order chi connectivity index (χ0) is 20.3. The Hall–Kier alpha value is -2.87. The van der Waals surface area contributed by atoms with Gasteiger partial charge in [0.25, 0.3) is 0 Å². The van der Waals surface area contributed by atoms with E-state index in [2.05, 4.69) is 10.6 Å². The van der Waals surface area contributed by atoms with Gasteiger partial charge < -0.3 is 15.7 Å². The van der Waals surface area contributed by atoms with E-state index in [1.165, 1.54) is 12.1 Å². The molecule has 2 amide bonds. The summed E-state index contributed by atoms with van der Waals surface area (Å²) in [6.45, 7) is -0.228. The molecule has 2 aromatic rings. The van der Waals surface area contributed by atoms with E-state index in [0.29, 0.717) is 29.8 Å². The van der Waals surface area contributed by atoms with Crippen molar-refractivity contribution < 1.29 is 27.9 Å². The zero-order valence-corrected chi connectivity index (χ0v) is 14.8. The third-order valence-corrected chi connectivity index (χ3v) is 4.63. The summed E-state index contributed by atoms with van der Waals surface area (Å²) in [6.07, 6.45) is -3.53. The van der Waals surface area contributed by atoms with E-state index in [0.717, 1.165) is 17.7 Å². The number of aliphatic hydroxyl groups excluding tert-OH is 1. The molecule has 1 heterocycles. The number of aryl methyl sites for hydroxylation is 1. The van der Waals surface area contributed by atoms with Gasteiger partial charge in [-0.3, -0.25) is 9.59 Å². The third-order valence-electron chi connectivity index (χ3n) is 4.63. The highest BCUT2D eigenvalue weighted by Gasteiger charge is 2.30. The number of hydrogen-bond donors (Lipinski definition) is 3. The highest BCUT2D eigenvalue weighted by atomic mass is 19.4. The lowest BCUT2D eigenvalue weighted by Gasteiger charge is -2.23. The Morgan fingerprint density at radius 3 is 2.54 bits per heavy atom. The highest BCUT2D eigenvalue weighted by molar-refractivity contribution is 5.97. The van der Waals surface area contributed by atoms with Crippen LogP contribution < -0.4 is 10.6 Å².